The minimum atomic E-state index is -0.833. The van der Waals surface area contributed by atoms with E-state index in [0.29, 0.717) is 0 Å². The third kappa shape index (κ3) is 19.2. The topological polar surface area (TPSA) is 37.3 Å². The number of hydrogen-bond acceptors (Lipinski definition) is 1. The van der Waals surface area contributed by atoms with Crippen molar-refractivity contribution in [1.29, 1.82) is 0 Å². The fourth-order valence-electron chi connectivity index (χ4n) is 0. The average Bonchev–Trinajstić information content (AvgIpc) is 0.918. The molecule has 0 radical (unpaired) electrons. The Morgan fingerprint density at radius 2 is 1.75 bits per heavy atom. The van der Waals surface area contributed by atoms with E-state index in [0.717, 1.165) is 0 Å². The molecule has 0 bridgehead atoms. The van der Waals surface area contributed by atoms with Gasteiger partial charge in [-0.3, -0.25) is 0 Å². The third-order valence-electron chi connectivity index (χ3n) is 0. The van der Waals surface area contributed by atoms with Crippen LogP contribution in [-0.4, -0.2) is 22.0 Å². The normalized spacial score (nSPS) is 5.25. The first-order valence-corrected chi connectivity index (χ1v) is 1.15. The molecule has 4 heavy (non-hydrogen) atoms. The molecule has 0 aliphatic carbocycles. The SMILES string of the molecule is O=PO.[SeH2]. The predicted molar refractivity (Wildman–Crippen MR) is 18.4 cm³/mol. The first kappa shape index (κ1) is 8.82. The van der Waals surface area contributed by atoms with Crippen molar-refractivity contribution < 1.29 is 9.46 Å². The van der Waals surface area contributed by atoms with E-state index in [1.54, 1.807) is 0 Å². The molecule has 0 aromatic heterocycles. The molecule has 0 heterocycles. The zero-order chi connectivity index (χ0) is 2.71. The summed E-state index contributed by atoms with van der Waals surface area (Å²) in [5, 5.41) is 0. The van der Waals surface area contributed by atoms with Crippen molar-refractivity contribution in [2.45, 2.75) is 0 Å². The molecule has 0 saturated carbocycles. The third-order valence-corrected chi connectivity index (χ3v) is 0. The average molecular weight is 145 g/mol. The Morgan fingerprint density at radius 1 is 1.75 bits per heavy atom. The Labute approximate surface area is 36.0 Å². The summed E-state index contributed by atoms with van der Waals surface area (Å²) in [5.41, 5.74) is 0. The maximum absolute atomic E-state index is 8.46. The molecule has 0 atom stereocenters. The first-order valence-electron chi connectivity index (χ1n) is 0.383. The van der Waals surface area contributed by atoms with Crippen LogP contribution in [0.5, 0.6) is 0 Å². The monoisotopic (exact) mass is 146 g/mol. The van der Waals surface area contributed by atoms with E-state index < -0.39 is 8.69 Å². The van der Waals surface area contributed by atoms with Crippen molar-refractivity contribution in [3.8, 4) is 0 Å². The predicted octanol–water partition coefficient (Wildman–Crippen LogP) is -0.731. The van der Waals surface area contributed by atoms with E-state index in [1.807, 2.05) is 0 Å². The van der Waals surface area contributed by atoms with Gasteiger partial charge in [0.2, 0.25) is 0 Å². The molecule has 0 fully saturated rings. The molecular weight excluding hydrogens is 142 g/mol. The van der Waals surface area contributed by atoms with E-state index in [4.69, 9.17) is 9.46 Å². The molecule has 2 nitrogen and oxygen atoms in total. The van der Waals surface area contributed by atoms with Crippen LogP contribution in [0.1, 0.15) is 0 Å². The van der Waals surface area contributed by atoms with Gasteiger partial charge in [-0.05, 0) is 0 Å². The molecular formula is H3O2PSe. The van der Waals surface area contributed by atoms with Crippen LogP contribution in [0.4, 0.5) is 0 Å². The van der Waals surface area contributed by atoms with Crippen molar-refractivity contribution in [3.63, 3.8) is 0 Å². The van der Waals surface area contributed by atoms with Crippen LogP contribution in [-0.2, 0) is 4.57 Å². The van der Waals surface area contributed by atoms with E-state index in [1.165, 1.54) is 0 Å². The molecule has 0 saturated heterocycles. The van der Waals surface area contributed by atoms with Crippen LogP contribution in [0.2, 0.25) is 0 Å². The van der Waals surface area contributed by atoms with Crippen LogP contribution >= 0.6 is 8.69 Å². The Hall–Kier alpha value is 0.579. The standard InChI is InChI=1S/HO2P.H2Se/c1-3-2;/h(H,1,2);1H2. The quantitative estimate of drug-likeness (QED) is 0.360. The molecule has 0 aromatic carbocycles. The van der Waals surface area contributed by atoms with Gasteiger partial charge in [0, 0.05) is 0 Å². The zero-order valence-corrected chi connectivity index (χ0v) is 4.80. The number of rotatable bonds is 0. The van der Waals surface area contributed by atoms with Gasteiger partial charge in [0.1, 0.15) is 0 Å². The second-order valence-electron chi connectivity index (χ2n) is 0.0816. The molecule has 0 aliphatic rings. The van der Waals surface area contributed by atoms with Gasteiger partial charge in [-0.15, -0.1) is 0 Å². The summed E-state index contributed by atoms with van der Waals surface area (Å²) in [4.78, 5) is 6.99. The van der Waals surface area contributed by atoms with E-state index >= 15 is 0 Å². The summed E-state index contributed by atoms with van der Waals surface area (Å²) in [6.45, 7) is 0. The second-order valence-corrected chi connectivity index (χ2v) is 0.245. The molecule has 26 valence electrons. The van der Waals surface area contributed by atoms with Crippen molar-refractivity contribution in [3.05, 3.63) is 0 Å². The van der Waals surface area contributed by atoms with Crippen LogP contribution < -0.4 is 0 Å². The molecule has 4 heteroatoms. The molecule has 0 spiro atoms. The van der Waals surface area contributed by atoms with Gasteiger partial charge in [-0.1, -0.05) is 0 Å². The van der Waals surface area contributed by atoms with E-state index in [-0.39, 0.29) is 17.1 Å². The van der Waals surface area contributed by atoms with E-state index in [9.17, 15) is 0 Å². The Kier molecular flexibility index (Phi) is 21.0. The molecule has 0 amide bonds. The van der Waals surface area contributed by atoms with Gasteiger partial charge in [0.15, 0.2) is 0 Å². The Balaban J connectivity index is 0. The van der Waals surface area contributed by atoms with Crippen molar-refractivity contribution in [2.24, 2.45) is 0 Å². The van der Waals surface area contributed by atoms with Crippen LogP contribution in [0.25, 0.3) is 0 Å². The van der Waals surface area contributed by atoms with Gasteiger partial charge in [0.05, 0.1) is 0 Å². The van der Waals surface area contributed by atoms with Gasteiger partial charge >= 0.3 is 25.8 Å². The summed E-state index contributed by atoms with van der Waals surface area (Å²) in [6.07, 6.45) is 0. The van der Waals surface area contributed by atoms with E-state index in [2.05, 4.69) is 0 Å². The van der Waals surface area contributed by atoms with Crippen molar-refractivity contribution >= 4 is 25.8 Å². The molecule has 1 N–H and O–H groups in total. The molecule has 0 unspecified atom stereocenters. The molecule has 0 aliphatic heterocycles. The summed E-state index contributed by atoms with van der Waals surface area (Å²) in [6, 6.07) is 0. The molecule has 0 rings (SSSR count). The Morgan fingerprint density at radius 3 is 1.75 bits per heavy atom. The summed E-state index contributed by atoms with van der Waals surface area (Å²) in [5.74, 6) is 0. The van der Waals surface area contributed by atoms with Gasteiger partial charge in [-0.2, -0.15) is 0 Å². The van der Waals surface area contributed by atoms with Crippen LogP contribution in [0, 0.1) is 0 Å². The summed E-state index contributed by atoms with van der Waals surface area (Å²) in [7, 11) is -0.833. The Bertz CT molecular complexity index is 13.5. The summed E-state index contributed by atoms with van der Waals surface area (Å²) < 4.78 is 8.46. The first-order chi connectivity index (χ1) is 1.41. The fourth-order valence-corrected chi connectivity index (χ4v) is 0. The minimum absolute atomic E-state index is 0. The summed E-state index contributed by atoms with van der Waals surface area (Å²) >= 11 is 0. The maximum atomic E-state index is 8.46. The van der Waals surface area contributed by atoms with Crippen molar-refractivity contribution in [1.82, 2.24) is 0 Å². The van der Waals surface area contributed by atoms with Crippen LogP contribution in [0.15, 0.2) is 0 Å². The van der Waals surface area contributed by atoms with Crippen molar-refractivity contribution in [2.75, 3.05) is 0 Å². The van der Waals surface area contributed by atoms with Gasteiger partial charge < -0.3 is 4.89 Å². The van der Waals surface area contributed by atoms with Gasteiger partial charge in [0.25, 0.3) is 0 Å². The van der Waals surface area contributed by atoms with Gasteiger partial charge in [-0.25, -0.2) is 4.57 Å². The number of hydrogen-bond donors (Lipinski definition) is 1. The molecule has 0 aromatic rings. The zero-order valence-electron chi connectivity index (χ0n) is 1.80. The van der Waals surface area contributed by atoms with Crippen LogP contribution in [0.3, 0.4) is 0 Å². The second kappa shape index (κ2) is 9.55. The fraction of sp³-hybridized carbons (Fsp3) is 0.